The van der Waals surface area contributed by atoms with Crippen LogP contribution < -0.4 is 15.0 Å². The molecule has 0 saturated carbocycles. The lowest BCUT2D eigenvalue weighted by atomic mass is 10.1. The number of benzene rings is 1. The topological polar surface area (TPSA) is 68.4 Å². The average molecular weight is 259 g/mol. The van der Waals surface area contributed by atoms with Crippen molar-refractivity contribution in [2.75, 3.05) is 14.2 Å². The number of hydrogen-bond donors (Lipinski definition) is 1. The van der Waals surface area contributed by atoms with Crippen LogP contribution in [0.1, 0.15) is 10.4 Å². The predicted octanol–water partition coefficient (Wildman–Crippen LogP) is 1.87. The fourth-order valence-corrected chi connectivity index (χ4v) is 1.76. The van der Waals surface area contributed by atoms with Crippen molar-refractivity contribution in [3.63, 3.8) is 0 Å². The molecule has 0 bridgehead atoms. The highest BCUT2D eigenvalue weighted by atomic mass is 16.5. The molecular formula is C14H13NO4. The molecule has 1 N–H and O–H groups in total. The van der Waals surface area contributed by atoms with Crippen LogP contribution in [0.15, 0.2) is 35.1 Å². The second-order valence-corrected chi connectivity index (χ2v) is 3.84. The average Bonchev–Trinajstić information content (AvgIpc) is 2.46. The number of aldehydes is 1. The molecule has 0 saturated heterocycles. The first-order valence-corrected chi connectivity index (χ1v) is 5.60. The Morgan fingerprint density at radius 2 is 1.89 bits per heavy atom. The lowest BCUT2D eigenvalue weighted by Crippen LogP contribution is -2.12. The van der Waals surface area contributed by atoms with Gasteiger partial charge in [0.1, 0.15) is 11.5 Å². The van der Waals surface area contributed by atoms with Crippen LogP contribution in [0.25, 0.3) is 11.3 Å². The minimum atomic E-state index is -0.433. The second-order valence-electron chi connectivity index (χ2n) is 3.84. The highest BCUT2D eigenvalue weighted by molar-refractivity contribution is 5.76. The van der Waals surface area contributed by atoms with Gasteiger partial charge in [-0.2, -0.15) is 0 Å². The van der Waals surface area contributed by atoms with Crippen molar-refractivity contribution < 1.29 is 14.3 Å². The van der Waals surface area contributed by atoms with Crippen molar-refractivity contribution >= 4 is 6.29 Å². The summed E-state index contributed by atoms with van der Waals surface area (Å²) < 4.78 is 10.4. The van der Waals surface area contributed by atoms with Crippen LogP contribution in [0.4, 0.5) is 0 Å². The zero-order valence-corrected chi connectivity index (χ0v) is 10.6. The van der Waals surface area contributed by atoms with Gasteiger partial charge in [-0.05, 0) is 30.3 Å². The monoisotopic (exact) mass is 259 g/mol. The molecule has 0 spiro atoms. The van der Waals surface area contributed by atoms with Crippen molar-refractivity contribution in [3.8, 4) is 22.8 Å². The van der Waals surface area contributed by atoms with Gasteiger partial charge in [0.25, 0.3) is 5.56 Å². The number of aromatic nitrogens is 1. The number of carbonyl (C=O) groups excluding carboxylic acids is 1. The maximum Gasteiger partial charge on any atom is 0.258 e. The van der Waals surface area contributed by atoms with Crippen molar-refractivity contribution in [3.05, 3.63) is 46.2 Å². The quantitative estimate of drug-likeness (QED) is 0.851. The Bertz CT molecular complexity index is 661. The molecule has 5 heteroatoms. The Balaban J connectivity index is 2.59. The summed E-state index contributed by atoms with van der Waals surface area (Å²) in [6.45, 7) is 0. The summed E-state index contributed by atoms with van der Waals surface area (Å²) in [7, 11) is 3.10. The van der Waals surface area contributed by atoms with Gasteiger partial charge < -0.3 is 14.5 Å². The summed E-state index contributed by atoms with van der Waals surface area (Å²) in [5, 5.41) is 0. The Morgan fingerprint density at radius 1 is 1.11 bits per heavy atom. The fraction of sp³-hybridized carbons (Fsp3) is 0.143. The maximum atomic E-state index is 11.6. The predicted molar refractivity (Wildman–Crippen MR) is 71.0 cm³/mol. The summed E-state index contributed by atoms with van der Waals surface area (Å²) in [5.41, 5.74) is 0.908. The van der Waals surface area contributed by atoms with E-state index < -0.39 is 5.56 Å². The molecule has 0 aliphatic rings. The minimum absolute atomic E-state index is 0.0885. The van der Waals surface area contributed by atoms with Gasteiger partial charge in [-0.1, -0.05) is 0 Å². The molecule has 0 atom stereocenters. The zero-order chi connectivity index (χ0) is 13.8. The Kier molecular flexibility index (Phi) is 3.66. The number of carbonyl (C=O) groups is 1. The molecule has 0 fully saturated rings. The van der Waals surface area contributed by atoms with E-state index in [9.17, 15) is 9.59 Å². The van der Waals surface area contributed by atoms with E-state index in [0.717, 1.165) is 0 Å². The Hall–Kier alpha value is -2.56. The number of hydrogen-bond acceptors (Lipinski definition) is 4. The van der Waals surface area contributed by atoms with E-state index in [-0.39, 0.29) is 5.56 Å². The lowest BCUT2D eigenvalue weighted by Gasteiger charge is -2.10. The molecule has 2 rings (SSSR count). The number of methoxy groups -OCH3 is 2. The van der Waals surface area contributed by atoms with Gasteiger partial charge >= 0.3 is 0 Å². The smallest absolute Gasteiger partial charge is 0.258 e. The summed E-state index contributed by atoms with van der Waals surface area (Å²) in [6, 6.07) is 8.40. The highest BCUT2D eigenvalue weighted by Crippen LogP contribution is 2.31. The van der Waals surface area contributed by atoms with Crippen molar-refractivity contribution in [1.82, 2.24) is 4.98 Å². The van der Waals surface area contributed by atoms with Gasteiger partial charge in [0.2, 0.25) is 0 Å². The van der Waals surface area contributed by atoms with Crippen molar-refractivity contribution in [2.24, 2.45) is 0 Å². The molecule has 1 heterocycles. The molecule has 0 amide bonds. The van der Waals surface area contributed by atoms with Crippen LogP contribution in [-0.4, -0.2) is 25.5 Å². The third kappa shape index (κ3) is 2.49. The first kappa shape index (κ1) is 12.9. The molecule has 98 valence electrons. The van der Waals surface area contributed by atoms with E-state index in [2.05, 4.69) is 4.98 Å². The third-order valence-electron chi connectivity index (χ3n) is 2.76. The van der Waals surface area contributed by atoms with Crippen LogP contribution in [-0.2, 0) is 0 Å². The fourth-order valence-electron chi connectivity index (χ4n) is 1.76. The summed E-state index contributed by atoms with van der Waals surface area (Å²) in [6.07, 6.45) is 0.519. The normalized spacial score (nSPS) is 10.0. The summed E-state index contributed by atoms with van der Waals surface area (Å²) in [4.78, 5) is 24.9. The van der Waals surface area contributed by atoms with Crippen LogP contribution in [0, 0.1) is 0 Å². The van der Waals surface area contributed by atoms with Crippen LogP contribution in [0.2, 0.25) is 0 Å². The SMILES string of the molecule is COc1ccc(OC)c(-c2ccc(C=O)c(=O)[nH]2)c1. The Morgan fingerprint density at radius 3 is 2.47 bits per heavy atom. The van der Waals surface area contributed by atoms with Crippen LogP contribution in [0.3, 0.4) is 0 Å². The second kappa shape index (κ2) is 5.39. The standard InChI is InChI=1S/C14H13NO4/c1-18-10-4-6-13(19-2)11(7-10)12-5-3-9(8-16)14(17)15-12/h3-8H,1-2H3,(H,15,17). The Labute approximate surface area is 109 Å². The minimum Gasteiger partial charge on any atom is -0.497 e. The van der Waals surface area contributed by atoms with Gasteiger partial charge in [-0.25, -0.2) is 0 Å². The first-order chi connectivity index (χ1) is 9.19. The molecule has 0 radical (unpaired) electrons. The van der Waals surface area contributed by atoms with E-state index in [1.54, 1.807) is 38.5 Å². The number of ether oxygens (including phenoxy) is 2. The van der Waals surface area contributed by atoms with Crippen LogP contribution >= 0.6 is 0 Å². The molecule has 19 heavy (non-hydrogen) atoms. The molecule has 1 aromatic heterocycles. The highest BCUT2D eigenvalue weighted by Gasteiger charge is 2.09. The van der Waals surface area contributed by atoms with Gasteiger partial charge in [0, 0.05) is 5.56 Å². The molecule has 0 unspecified atom stereocenters. The zero-order valence-electron chi connectivity index (χ0n) is 10.6. The first-order valence-electron chi connectivity index (χ1n) is 5.60. The molecule has 5 nitrogen and oxygen atoms in total. The van der Waals surface area contributed by atoms with E-state index >= 15 is 0 Å². The van der Waals surface area contributed by atoms with E-state index in [1.165, 1.54) is 6.07 Å². The number of rotatable bonds is 4. The van der Waals surface area contributed by atoms with E-state index in [1.807, 2.05) is 0 Å². The molecule has 1 aromatic carbocycles. The van der Waals surface area contributed by atoms with Crippen molar-refractivity contribution in [1.29, 1.82) is 0 Å². The molecule has 2 aromatic rings. The number of nitrogens with one attached hydrogen (secondary N) is 1. The van der Waals surface area contributed by atoms with Crippen LogP contribution in [0.5, 0.6) is 11.5 Å². The maximum absolute atomic E-state index is 11.6. The summed E-state index contributed by atoms with van der Waals surface area (Å²) >= 11 is 0. The molecule has 0 aliphatic heterocycles. The van der Waals surface area contributed by atoms with Gasteiger partial charge in [-0.3, -0.25) is 9.59 Å². The molecular weight excluding hydrogens is 246 g/mol. The summed E-state index contributed by atoms with van der Waals surface area (Å²) in [5.74, 6) is 1.26. The molecule has 0 aliphatic carbocycles. The number of aromatic amines is 1. The largest absolute Gasteiger partial charge is 0.497 e. The lowest BCUT2D eigenvalue weighted by molar-refractivity contribution is 0.112. The van der Waals surface area contributed by atoms with Crippen molar-refractivity contribution in [2.45, 2.75) is 0 Å². The third-order valence-corrected chi connectivity index (χ3v) is 2.76. The number of pyridine rings is 1. The van der Waals surface area contributed by atoms with Gasteiger partial charge in [-0.15, -0.1) is 0 Å². The van der Waals surface area contributed by atoms with Gasteiger partial charge in [0.05, 0.1) is 25.5 Å². The van der Waals surface area contributed by atoms with E-state index in [0.29, 0.717) is 29.0 Å². The van der Waals surface area contributed by atoms with Gasteiger partial charge in [0.15, 0.2) is 6.29 Å². The number of H-pyrrole nitrogens is 1. The van der Waals surface area contributed by atoms with E-state index in [4.69, 9.17) is 9.47 Å².